The highest BCUT2D eigenvalue weighted by Crippen LogP contribution is 2.63. The molecule has 2 amide bonds. The molecule has 2 aromatic rings. The first-order valence-corrected chi connectivity index (χ1v) is 15.8. The third-order valence-corrected chi connectivity index (χ3v) is 12.5. The molecule has 5 heterocycles. The molecule has 11 N–H and O–H groups in total. The number of nitrogens with one attached hydrogen (secondary N) is 5. The molecule has 2 aromatic heterocycles. The molecule has 0 aromatic carbocycles. The van der Waals surface area contributed by atoms with Crippen molar-refractivity contribution >= 4 is 99.1 Å². The van der Waals surface area contributed by atoms with Crippen molar-refractivity contribution in [2.45, 2.75) is 29.0 Å². The van der Waals surface area contributed by atoms with Gasteiger partial charge in [-0.15, -0.1) is 11.6 Å². The number of amides is 2. The molecule has 3 aliphatic heterocycles. The van der Waals surface area contributed by atoms with Gasteiger partial charge in [0.05, 0.1) is 23.5 Å². The van der Waals surface area contributed by atoms with Gasteiger partial charge in [-0.1, -0.05) is 0 Å². The maximum absolute atomic E-state index is 13.1. The first kappa shape index (κ1) is 29.3. The normalized spacial score (nSPS) is 35.0. The zero-order valence-corrected chi connectivity index (χ0v) is 27.7. The lowest BCUT2D eigenvalue weighted by Crippen LogP contribution is -2.61. The van der Waals surface area contributed by atoms with Crippen molar-refractivity contribution in [2.75, 3.05) is 13.1 Å². The number of hydrogen-bond acceptors (Lipinski definition) is 10. The predicted octanol–water partition coefficient (Wildman–Crippen LogP) is 0.656. The molecule has 0 bridgehead atoms. The lowest BCUT2D eigenvalue weighted by molar-refractivity contribution is -0.0560. The van der Waals surface area contributed by atoms with E-state index in [2.05, 4.69) is 99.6 Å². The van der Waals surface area contributed by atoms with Crippen LogP contribution >= 0.6 is 75.3 Å². The number of carbonyl (C=O) groups is 2. The van der Waals surface area contributed by atoms with Gasteiger partial charge in [0.2, 0.25) is 0 Å². The van der Waals surface area contributed by atoms with Gasteiger partial charge in [0.15, 0.2) is 30.0 Å². The fraction of sp³-hybridized carbons (Fsp3) is 0.455. The van der Waals surface area contributed by atoms with E-state index in [1.165, 1.54) is 4.90 Å². The summed E-state index contributed by atoms with van der Waals surface area (Å²) in [7, 11) is 0. The van der Waals surface area contributed by atoms with E-state index in [1.54, 1.807) is 12.1 Å². The van der Waals surface area contributed by atoms with E-state index < -0.39 is 58.6 Å². The Hall–Kier alpha value is -1.83. The maximum Gasteiger partial charge on any atom is 0.267 e. The number of aromatic amines is 2. The van der Waals surface area contributed by atoms with Crippen molar-refractivity contribution < 1.29 is 19.8 Å². The zero-order valence-electron chi connectivity index (χ0n) is 20.6. The Bertz CT molecular complexity index is 1480. The summed E-state index contributed by atoms with van der Waals surface area (Å²) in [6.07, 6.45) is -2.44. The number of aliphatic hydroxyl groups is 2. The number of hydrogen-bond donors (Lipinski definition) is 9. The van der Waals surface area contributed by atoms with E-state index in [9.17, 15) is 19.8 Å². The Morgan fingerprint density at radius 1 is 1.00 bits per heavy atom. The molecule has 41 heavy (non-hydrogen) atoms. The monoisotopic (exact) mass is 842 g/mol. The minimum Gasteiger partial charge on any atom is -0.370 e. The predicted molar refractivity (Wildman–Crippen MR) is 163 cm³/mol. The summed E-state index contributed by atoms with van der Waals surface area (Å²) in [6.45, 7) is 0.0527. The van der Waals surface area contributed by atoms with E-state index in [0.29, 0.717) is 23.8 Å². The zero-order chi connectivity index (χ0) is 29.6. The standard InChI is InChI=1S/C22H23Br4ClN10O4/c23-7-1-9(32-13(7)25)15(38)30-3-5-6(4-31-16(39)10-2-8(24)14(26)33-10)12(27)21-11(5)22(41)17(34-19(28)36-22)37(21)20(29)35-18(21)40/h1-2,5-6,11-12,17-18,32-33,40-41H,3-4H2,(H2,29,35)(H,30,38)(H,31,39)(H3,28,34,36)/t5-,6-,11+,12+,17-,18+,21?,22-/m1/s1. The Labute approximate surface area is 271 Å². The molecular formula is C22H23Br4ClN10O4. The Morgan fingerprint density at radius 2 is 1.54 bits per heavy atom. The number of halogens is 5. The van der Waals surface area contributed by atoms with Crippen LogP contribution in [0.2, 0.25) is 0 Å². The second kappa shape index (κ2) is 10.1. The number of aliphatic hydroxyl groups excluding tert-OH is 1. The van der Waals surface area contributed by atoms with Crippen molar-refractivity contribution in [3.63, 3.8) is 0 Å². The number of nitrogens with zero attached hydrogens (tertiary/aromatic N) is 3. The molecule has 1 saturated carbocycles. The summed E-state index contributed by atoms with van der Waals surface area (Å²) >= 11 is 20.6. The molecule has 1 spiro atoms. The number of H-pyrrole nitrogens is 2. The van der Waals surface area contributed by atoms with Crippen molar-refractivity contribution in [1.29, 1.82) is 0 Å². The number of guanidine groups is 2. The topological polar surface area (TPSA) is 222 Å². The smallest absolute Gasteiger partial charge is 0.267 e. The number of carbonyl (C=O) groups excluding carboxylic acids is 2. The summed E-state index contributed by atoms with van der Waals surface area (Å²) in [6, 6.07) is 3.24. The SMILES string of the molecule is NC1=N[C@@H]2N3C(N)=N[C@@H](O)C34[C@@H](Cl)[C@H](CNC(=O)c3cc(Br)c(Br)[nH]3)[C@@H](CNC(=O)c3cc(Br)c(Br)[nH]3)[C@@H]4[C@]2(O)N1. The van der Waals surface area contributed by atoms with E-state index >= 15 is 0 Å². The molecule has 14 nitrogen and oxygen atoms in total. The average Bonchev–Trinajstić information content (AvgIpc) is 3.67. The highest BCUT2D eigenvalue weighted by atomic mass is 79.9. The lowest BCUT2D eigenvalue weighted by Gasteiger charge is -2.39. The molecule has 8 atom stereocenters. The van der Waals surface area contributed by atoms with Gasteiger partial charge in [0.25, 0.3) is 11.8 Å². The average molecular weight is 847 g/mol. The van der Waals surface area contributed by atoms with Gasteiger partial charge in [-0.05, 0) is 81.8 Å². The summed E-state index contributed by atoms with van der Waals surface area (Å²) in [5.74, 6) is -2.97. The summed E-state index contributed by atoms with van der Waals surface area (Å²) in [5.41, 5.74) is 9.60. The third-order valence-electron chi connectivity index (χ3n) is 8.26. The maximum atomic E-state index is 13.1. The van der Waals surface area contributed by atoms with Crippen molar-refractivity contribution in [1.82, 2.24) is 30.8 Å². The summed E-state index contributed by atoms with van der Waals surface area (Å²) < 4.78 is 2.54. The molecule has 2 fully saturated rings. The minimum atomic E-state index is -1.80. The quantitative estimate of drug-likeness (QED) is 0.188. The minimum absolute atomic E-state index is 0.0138. The van der Waals surface area contributed by atoms with Gasteiger partial charge >= 0.3 is 0 Å². The van der Waals surface area contributed by atoms with E-state index in [0.717, 1.165) is 0 Å². The van der Waals surface area contributed by atoms with Gasteiger partial charge in [-0.3, -0.25) is 9.59 Å². The summed E-state index contributed by atoms with van der Waals surface area (Å²) in [5, 5.41) is 31.1. The van der Waals surface area contributed by atoms with Crippen LogP contribution in [0, 0.1) is 17.8 Å². The van der Waals surface area contributed by atoms with Crippen LogP contribution < -0.4 is 27.4 Å². The number of fused-ring (bicyclic) bond motifs is 3. The van der Waals surface area contributed by atoms with Crippen LogP contribution in [0.1, 0.15) is 21.0 Å². The fourth-order valence-electron chi connectivity index (χ4n) is 6.75. The second-order valence-corrected chi connectivity index (χ2v) is 14.0. The van der Waals surface area contributed by atoms with Gasteiger partial charge in [0, 0.05) is 24.9 Å². The molecule has 0 radical (unpaired) electrons. The first-order valence-electron chi connectivity index (χ1n) is 12.2. The van der Waals surface area contributed by atoms with Crippen LogP contribution in [0.3, 0.4) is 0 Å². The fourth-order valence-corrected chi connectivity index (χ4v) is 8.69. The third kappa shape index (κ3) is 4.19. The van der Waals surface area contributed by atoms with Crippen LogP contribution in [-0.2, 0) is 0 Å². The van der Waals surface area contributed by atoms with Crippen LogP contribution in [-0.4, -0.2) is 90.9 Å². The molecule has 1 saturated heterocycles. The molecule has 4 aliphatic rings. The first-order chi connectivity index (χ1) is 19.3. The number of rotatable bonds is 6. The number of aliphatic imine (C=N–C) groups is 2. The largest absolute Gasteiger partial charge is 0.370 e. The molecule has 6 rings (SSSR count). The van der Waals surface area contributed by atoms with Crippen LogP contribution in [0.15, 0.2) is 40.3 Å². The lowest BCUT2D eigenvalue weighted by atomic mass is 9.77. The summed E-state index contributed by atoms with van der Waals surface area (Å²) in [4.78, 5) is 42.1. The van der Waals surface area contributed by atoms with Crippen LogP contribution in [0.4, 0.5) is 0 Å². The Balaban J connectivity index is 1.35. The van der Waals surface area contributed by atoms with Gasteiger partial charge < -0.3 is 52.5 Å². The molecule has 1 unspecified atom stereocenters. The Morgan fingerprint density at radius 3 is 2.05 bits per heavy atom. The van der Waals surface area contributed by atoms with Crippen molar-refractivity contribution in [2.24, 2.45) is 39.2 Å². The molecule has 19 heteroatoms. The molecular weight excluding hydrogens is 823 g/mol. The van der Waals surface area contributed by atoms with Crippen LogP contribution in [0.5, 0.6) is 0 Å². The molecule has 1 aliphatic carbocycles. The molecule has 220 valence electrons. The van der Waals surface area contributed by atoms with E-state index in [1.807, 2.05) is 0 Å². The Kier molecular flexibility index (Phi) is 7.22. The van der Waals surface area contributed by atoms with E-state index in [-0.39, 0.29) is 30.7 Å². The van der Waals surface area contributed by atoms with Crippen molar-refractivity contribution in [3.8, 4) is 0 Å². The number of alkyl halides is 1. The number of nitrogens with two attached hydrogens (primary N) is 2. The highest BCUT2D eigenvalue weighted by Gasteiger charge is 2.82. The van der Waals surface area contributed by atoms with Crippen molar-refractivity contribution in [3.05, 3.63) is 41.7 Å². The van der Waals surface area contributed by atoms with Gasteiger partial charge in [-0.25, -0.2) is 9.98 Å². The van der Waals surface area contributed by atoms with Crippen LogP contribution in [0.25, 0.3) is 0 Å². The van der Waals surface area contributed by atoms with E-state index in [4.69, 9.17) is 23.1 Å². The van der Waals surface area contributed by atoms with Gasteiger partial charge in [0.1, 0.15) is 16.9 Å². The highest BCUT2D eigenvalue weighted by molar-refractivity contribution is 9.13. The number of aromatic nitrogens is 2. The van der Waals surface area contributed by atoms with Gasteiger partial charge in [-0.2, -0.15) is 0 Å². The second-order valence-electron chi connectivity index (χ2n) is 10.3.